The van der Waals surface area contributed by atoms with Crippen LogP contribution in [-0.4, -0.2) is 46.7 Å². The van der Waals surface area contributed by atoms with Gasteiger partial charge in [0, 0.05) is 25.0 Å². The van der Waals surface area contributed by atoms with Crippen molar-refractivity contribution in [2.24, 2.45) is 5.73 Å². The molecule has 1 amide bonds. The molecule has 7 heteroatoms. The van der Waals surface area contributed by atoms with Crippen LogP contribution in [0, 0.1) is 0 Å². The van der Waals surface area contributed by atoms with Gasteiger partial charge < -0.3 is 10.2 Å². The summed E-state index contributed by atoms with van der Waals surface area (Å²) in [5.41, 5.74) is 5.62. The van der Waals surface area contributed by atoms with Gasteiger partial charge in [-0.25, -0.2) is 0 Å². The number of amides is 1. The van der Waals surface area contributed by atoms with E-state index < -0.39 is 0 Å². The highest BCUT2D eigenvalue weighted by atomic mass is 16.4. The molecule has 0 unspecified atom stereocenters. The molecule has 2 heterocycles. The van der Waals surface area contributed by atoms with Crippen LogP contribution in [0.3, 0.4) is 0 Å². The summed E-state index contributed by atoms with van der Waals surface area (Å²) in [7, 11) is 0. The van der Waals surface area contributed by atoms with Gasteiger partial charge in [-0.15, -0.1) is 5.10 Å². The second-order valence-corrected chi connectivity index (χ2v) is 4.60. The van der Waals surface area contributed by atoms with Crippen molar-refractivity contribution in [3.8, 4) is 0 Å². The molecule has 17 heavy (non-hydrogen) atoms. The second-order valence-electron chi connectivity index (χ2n) is 4.60. The molecule has 7 nitrogen and oxygen atoms in total. The van der Waals surface area contributed by atoms with E-state index in [1.54, 1.807) is 0 Å². The monoisotopic (exact) mass is 239 g/mol. The first-order valence-corrected chi connectivity index (χ1v) is 5.66. The van der Waals surface area contributed by atoms with Gasteiger partial charge in [-0.3, -0.25) is 15.0 Å². The van der Waals surface area contributed by atoms with Crippen LogP contribution in [-0.2, 0) is 4.79 Å². The van der Waals surface area contributed by atoms with Crippen LogP contribution < -0.4 is 11.1 Å². The van der Waals surface area contributed by atoms with E-state index in [-0.39, 0.29) is 23.9 Å². The van der Waals surface area contributed by atoms with E-state index in [1.807, 2.05) is 18.7 Å². The lowest BCUT2D eigenvalue weighted by Gasteiger charge is -2.35. The van der Waals surface area contributed by atoms with E-state index in [0.29, 0.717) is 12.4 Å². The van der Waals surface area contributed by atoms with Gasteiger partial charge in [-0.2, -0.15) is 0 Å². The molecule has 1 aromatic rings. The van der Waals surface area contributed by atoms with Gasteiger partial charge in [0.1, 0.15) is 0 Å². The van der Waals surface area contributed by atoms with Crippen LogP contribution in [0.15, 0.2) is 4.42 Å². The number of nitrogens with zero attached hydrogens (tertiary/aromatic N) is 3. The molecule has 0 saturated carbocycles. The summed E-state index contributed by atoms with van der Waals surface area (Å²) in [4.78, 5) is 13.5. The molecule has 3 N–H and O–H groups in total. The number of nitrogens with two attached hydrogens (primary N) is 1. The number of nitrogens with one attached hydrogen (secondary N) is 1. The summed E-state index contributed by atoms with van der Waals surface area (Å²) in [5.74, 6) is 0.517. The largest absolute Gasteiger partial charge is 0.408 e. The summed E-state index contributed by atoms with van der Waals surface area (Å²) in [6, 6.07) is 0.349. The molecule has 1 aromatic heterocycles. The van der Waals surface area contributed by atoms with E-state index >= 15 is 0 Å². The van der Waals surface area contributed by atoms with Gasteiger partial charge in [0.2, 0.25) is 11.8 Å². The number of aromatic nitrogens is 2. The number of hydrogen-bond donors (Lipinski definition) is 2. The molecular weight excluding hydrogens is 222 g/mol. The van der Waals surface area contributed by atoms with Gasteiger partial charge in [-0.1, -0.05) is 18.9 Å². The average molecular weight is 239 g/mol. The Morgan fingerprint density at radius 3 is 2.82 bits per heavy atom. The number of rotatable bonds is 4. The first-order chi connectivity index (χ1) is 8.04. The van der Waals surface area contributed by atoms with E-state index in [9.17, 15) is 4.79 Å². The zero-order chi connectivity index (χ0) is 12.4. The van der Waals surface area contributed by atoms with Gasteiger partial charge in [0.25, 0.3) is 0 Å². The Bertz CT molecular complexity index is 397. The topological polar surface area (TPSA) is 97.3 Å². The molecule has 0 aromatic carbocycles. The van der Waals surface area contributed by atoms with Crippen LogP contribution in [0.1, 0.15) is 25.7 Å². The van der Waals surface area contributed by atoms with Crippen LogP contribution in [0.4, 0.5) is 6.01 Å². The quantitative estimate of drug-likeness (QED) is 0.753. The minimum atomic E-state index is -0.157. The highest BCUT2D eigenvalue weighted by Gasteiger charge is 2.25. The van der Waals surface area contributed by atoms with Crippen LogP contribution >= 0.6 is 0 Å². The molecule has 0 aliphatic carbocycles. The lowest BCUT2D eigenvalue weighted by molar-refractivity contribution is -0.118. The molecule has 1 aliphatic rings. The summed E-state index contributed by atoms with van der Waals surface area (Å²) in [6.07, 6.45) is 0. The van der Waals surface area contributed by atoms with E-state index in [0.717, 1.165) is 13.1 Å². The molecule has 1 fully saturated rings. The smallest absolute Gasteiger partial charge is 0.322 e. The first kappa shape index (κ1) is 12.0. The predicted octanol–water partition coefficient (Wildman–Crippen LogP) is -0.226. The molecular formula is C10H17N5O2. The molecule has 0 atom stereocenters. The molecule has 1 saturated heterocycles. The summed E-state index contributed by atoms with van der Waals surface area (Å²) in [5, 5.41) is 10.2. The van der Waals surface area contributed by atoms with E-state index in [4.69, 9.17) is 10.2 Å². The van der Waals surface area contributed by atoms with E-state index in [2.05, 4.69) is 15.5 Å². The summed E-state index contributed by atoms with van der Waals surface area (Å²) in [6.45, 7) is 5.72. The molecule has 0 radical (unpaired) electrons. The van der Waals surface area contributed by atoms with Crippen LogP contribution in [0.5, 0.6) is 0 Å². The summed E-state index contributed by atoms with van der Waals surface area (Å²) < 4.78 is 5.27. The zero-order valence-corrected chi connectivity index (χ0v) is 10.0. The Kier molecular flexibility index (Phi) is 3.39. The third kappa shape index (κ3) is 3.01. The van der Waals surface area contributed by atoms with Crippen molar-refractivity contribution < 1.29 is 9.21 Å². The normalized spacial score (nSPS) is 17.2. The number of carbonyl (C=O) groups is 1. The highest BCUT2D eigenvalue weighted by molar-refractivity contribution is 5.90. The minimum absolute atomic E-state index is 0.154. The molecule has 2 rings (SSSR count). The van der Waals surface area contributed by atoms with Crippen LogP contribution in [0.2, 0.25) is 0 Å². The van der Waals surface area contributed by atoms with Crippen molar-refractivity contribution in [1.29, 1.82) is 0 Å². The standard InChI is InChI=1S/C10H17N5O2/c1-6(2)9-13-14-10(17-9)12-8(16)5-15-3-7(11)4-15/h6-7H,3-5,11H2,1-2H3,(H,12,14,16). The van der Waals surface area contributed by atoms with Gasteiger partial charge >= 0.3 is 6.01 Å². The van der Waals surface area contributed by atoms with E-state index in [1.165, 1.54) is 0 Å². The highest BCUT2D eigenvalue weighted by Crippen LogP contribution is 2.14. The van der Waals surface area contributed by atoms with Crippen molar-refractivity contribution in [2.45, 2.75) is 25.8 Å². The Labute approximate surface area is 99.4 Å². The fourth-order valence-electron chi connectivity index (χ4n) is 1.62. The van der Waals surface area contributed by atoms with Crippen molar-refractivity contribution in [3.63, 3.8) is 0 Å². The summed E-state index contributed by atoms with van der Waals surface area (Å²) >= 11 is 0. The minimum Gasteiger partial charge on any atom is -0.408 e. The SMILES string of the molecule is CC(C)c1nnc(NC(=O)CN2CC(N)C2)o1. The fraction of sp³-hybridized carbons (Fsp3) is 0.700. The zero-order valence-electron chi connectivity index (χ0n) is 10.0. The van der Waals surface area contributed by atoms with Crippen molar-refractivity contribution in [1.82, 2.24) is 15.1 Å². The maximum atomic E-state index is 11.6. The fourth-order valence-corrected chi connectivity index (χ4v) is 1.62. The maximum Gasteiger partial charge on any atom is 0.322 e. The molecule has 1 aliphatic heterocycles. The van der Waals surface area contributed by atoms with Crippen LogP contribution in [0.25, 0.3) is 0 Å². The number of anilines is 1. The Balaban J connectivity index is 1.81. The number of likely N-dealkylation sites (tertiary alicyclic amines) is 1. The third-order valence-electron chi connectivity index (χ3n) is 2.53. The van der Waals surface area contributed by atoms with Gasteiger partial charge in [0.15, 0.2) is 0 Å². The molecule has 0 spiro atoms. The lowest BCUT2D eigenvalue weighted by Crippen LogP contribution is -2.57. The van der Waals surface area contributed by atoms with Crippen molar-refractivity contribution >= 4 is 11.9 Å². The molecule has 0 bridgehead atoms. The predicted molar refractivity (Wildman–Crippen MR) is 61.4 cm³/mol. The van der Waals surface area contributed by atoms with Gasteiger partial charge in [0.05, 0.1) is 6.54 Å². The molecule has 94 valence electrons. The number of carbonyl (C=O) groups excluding carboxylic acids is 1. The number of hydrogen-bond acceptors (Lipinski definition) is 6. The average Bonchev–Trinajstić information content (AvgIpc) is 2.63. The Morgan fingerprint density at radius 1 is 1.59 bits per heavy atom. The third-order valence-corrected chi connectivity index (χ3v) is 2.53. The maximum absolute atomic E-state index is 11.6. The Morgan fingerprint density at radius 2 is 2.29 bits per heavy atom. The van der Waals surface area contributed by atoms with Crippen molar-refractivity contribution in [2.75, 3.05) is 25.0 Å². The Hall–Kier alpha value is -1.47. The first-order valence-electron chi connectivity index (χ1n) is 5.66. The lowest BCUT2D eigenvalue weighted by atomic mass is 10.1. The van der Waals surface area contributed by atoms with Gasteiger partial charge in [-0.05, 0) is 0 Å². The second kappa shape index (κ2) is 4.80. The van der Waals surface area contributed by atoms with Crippen molar-refractivity contribution in [3.05, 3.63) is 5.89 Å².